The van der Waals surface area contributed by atoms with Crippen LogP contribution in [0.4, 0.5) is 0 Å². The highest BCUT2D eigenvalue weighted by molar-refractivity contribution is 5.60. The van der Waals surface area contributed by atoms with Gasteiger partial charge in [-0.3, -0.25) is 0 Å². The molecule has 0 unspecified atom stereocenters. The zero-order valence-corrected chi connectivity index (χ0v) is 9.37. The van der Waals surface area contributed by atoms with Gasteiger partial charge in [0.15, 0.2) is 24.8 Å². The van der Waals surface area contributed by atoms with Gasteiger partial charge < -0.3 is 5.11 Å². The van der Waals surface area contributed by atoms with Crippen molar-refractivity contribution in [3.8, 4) is 11.1 Å². The van der Waals surface area contributed by atoms with Crippen molar-refractivity contribution in [3.05, 3.63) is 49.1 Å². The summed E-state index contributed by atoms with van der Waals surface area (Å²) < 4.78 is 3.85. The van der Waals surface area contributed by atoms with E-state index in [0.717, 1.165) is 12.1 Å². The van der Waals surface area contributed by atoms with E-state index in [1.165, 1.54) is 5.56 Å². The Hall–Kier alpha value is -1.74. The first kappa shape index (κ1) is 10.8. The predicted octanol–water partition coefficient (Wildman–Crippen LogP) is 0.898. The second-order valence-electron chi connectivity index (χ2n) is 3.66. The van der Waals surface area contributed by atoms with E-state index >= 15 is 0 Å². The molecule has 1 N–H and O–H groups in total. The Bertz CT molecular complexity index is 403. The van der Waals surface area contributed by atoms with Gasteiger partial charge in [0.25, 0.3) is 0 Å². The van der Waals surface area contributed by atoms with Crippen molar-refractivity contribution >= 4 is 0 Å². The smallest absolute Gasteiger partial charge is 0.250 e. The summed E-state index contributed by atoms with van der Waals surface area (Å²) >= 11 is 0. The van der Waals surface area contributed by atoms with E-state index in [1.807, 2.05) is 24.5 Å². The van der Waals surface area contributed by atoms with E-state index in [4.69, 9.17) is 5.11 Å². The summed E-state index contributed by atoms with van der Waals surface area (Å²) in [5.41, 5.74) is 2.35. The van der Waals surface area contributed by atoms with Gasteiger partial charge in [-0.25, -0.2) is 4.57 Å². The molecule has 0 aliphatic rings. The van der Waals surface area contributed by atoms with Gasteiger partial charge in [0.2, 0.25) is 6.73 Å². The monoisotopic (exact) mass is 216 g/mol. The van der Waals surface area contributed by atoms with Crippen LogP contribution < -0.4 is 9.13 Å². The molecule has 0 aromatic carbocycles. The average Bonchev–Trinajstić information content (AvgIpc) is 2.39. The van der Waals surface area contributed by atoms with E-state index < -0.39 is 0 Å². The largest absolute Gasteiger partial charge is 0.339 e. The van der Waals surface area contributed by atoms with E-state index in [1.54, 1.807) is 4.57 Å². The molecule has 0 aliphatic carbocycles. The van der Waals surface area contributed by atoms with Gasteiger partial charge in [0.1, 0.15) is 6.54 Å². The zero-order valence-electron chi connectivity index (χ0n) is 9.37. The van der Waals surface area contributed by atoms with Crippen LogP contribution in [0.2, 0.25) is 0 Å². The summed E-state index contributed by atoms with van der Waals surface area (Å²) in [5.74, 6) is 0. The molecule has 2 rings (SSSR count). The number of aryl methyl sites for hydroxylation is 1. The molecule has 2 aromatic heterocycles. The molecular weight excluding hydrogens is 200 g/mol. The number of nitrogens with zero attached hydrogens (tertiary/aromatic N) is 2. The van der Waals surface area contributed by atoms with Crippen LogP contribution in [0.15, 0.2) is 49.1 Å². The molecule has 0 radical (unpaired) electrons. The number of aliphatic hydroxyl groups is 1. The average molecular weight is 216 g/mol. The molecule has 2 heterocycles. The van der Waals surface area contributed by atoms with Crippen molar-refractivity contribution in [2.75, 3.05) is 0 Å². The van der Waals surface area contributed by atoms with E-state index in [9.17, 15) is 0 Å². The fourth-order valence-electron chi connectivity index (χ4n) is 1.60. The summed E-state index contributed by atoms with van der Waals surface area (Å²) in [4.78, 5) is 0. The molecule has 0 saturated carbocycles. The topological polar surface area (TPSA) is 28.0 Å². The molecular formula is C13H16N2O+2. The molecule has 0 spiro atoms. The lowest BCUT2D eigenvalue weighted by atomic mass is 10.1. The van der Waals surface area contributed by atoms with Crippen LogP contribution in [-0.4, -0.2) is 5.11 Å². The van der Waals surface area contributed by atoms with E-state index in [-0.39, 0.29) is 6.73 Å². The summed E-state index contributed by atoms with van der Waals surface area (Å²) in [6.45, 7) is 3.12. The third-order valence-electron chi connectivity index (χ3n) is 2.64. The Morgan fingerprint density at radius 2 is 1.31 bits per heavy atom. The number of rotatable bonds is 3. The summed E-state index contributed by atoms with van der Waals surface area (Å²) in [6.07, 6.45) is 7.89. The maximum atomic E-state index is 8.93. The normalized spacial score (nSPS) is 10.4. The molecule has 82 valence electrons. The van der Waals surface area contributed by atoms with Crippen molar-refractivity contribution in [1.29, 1.82) is 0 Å². The Labute approximate surface area is 95.2 Å². The molecule has 0 amide bonds. The fraction of sp³-hybridized carbons (Fsp3) is 0.231. The lowest BCUT2D eigenvalue weighted by molar-refractivity contribution is -0.729. The van der Waals surface area contributed by atoms with Gasteiger partial charge >= 0.3 is 0 Å². The molecule has 0 atom stereocenters. The highest BCUT2D eigenvalue weighted by Crippen LogP contribution is 2.15. The van der Waals surface area contributed by atoms with Gasteiger partial charge in [0.05, 0.1) is 0 Å². The minimum Gasteiger partial charge on any atom is -0.339 e. The Kier molecular flexibility index (Phi) is 3.27. The second-order valence-corrected chi connectivity index (χ2v) is 3.66. The maximum Gasteiger partial charge on any atom is 0.250 e. The summed E-state index contributed by atoms with van der Waals surface area (Å²) in [7, 11) is 0. The van der Waals surface area contributed by atoms with Crippen molar-refractivity contribution in [1.82, 2.24) is 0 Å². The first-order valence-electron chi connectivity index (χ1n) is 5.43. The minimum atomic E-state index is 0.0188. The van der Waals surface area contributed by atoms with Gasteiger partial charge in [-0.15, -0.1) is 0 Å². The van der Waals surface area contributed by atoms with Crippen molar-refractivity contribution in [3.63, 3.8) is 0 Å². The summed E-state index contributed by atoms with van der Waals surface area (Å²) in [5, 5.41) is 8.93. The van der Waals surface area contributed by atoms with Crippen molar-refractivity contribution in [2.24, 2.45) is 0 Å². The van der Waals surface area contributed by atoms with Crippen LogP contribution in [0.1, 0.15) is 6.92 Å². The predicted molar refractivity (Wildman–Crippen MR) is 60.2 cm³/mol. The van der Waals surface area contributed by atoms with Gasteiger partial charge in [-0.2, -0.15) is 4.57 Å². The van der Waals surface area contributed by atoms with Crippen LogP contribution in [0, 0.1) is 0 Å². The number of aliphatic hydroxyl groups excluding tert-OH is 1. The van der Waals surface area contributed by atoms with Crippen LogP contribution in [0.5, 0.6) is 0 Å². The Morgan fingerprint density at radius 3 is 1.69 bits per heavy atom. The van der Waals surface area contributed by atoms with Crippen LogP contribution in [0.3, 0.4) is 0 Å². The van der Waals surface area contributed by atoms with Crippen molar-refractivity contribution < 1.29 is 14.2 Å². The molecule has 0 fully saturated rings. The Balaban J connectivity index is 2.28. The molecule has 0 saturated heterocycles. The first-order chi connectivity index (χ1) is 7.83. The van der Waals surface area contributed by atoms with Crippen LogP contribution in [-0.2, 0) is 13.3 Å². The SMILES string of the molecule is CC[n+]1ccc(-c2cc[n+](CO)cc2)cc1. The lowest BCUT2D eigenvalue weighted by Gasteiger charge is -1.99. The zero-order chi connectivity index (χ0) is 11.4. The van der Waals surface area contributed by atoms with Crippen molar-refractivity contribution in [2.45, 2.75) is 20.2 Å². The molecule has 2 aromatic rings. The number of hydrogen-bond donors (Lipinski definition) is 1. The van der Waals surface area contributed by atoms with E-state index in [2.05, 4.69) is 36.0 Å². The number of hydrogen-bond acceptors (Lipinski definition) is 1. The highest BCUT2D eigenvalue weighted by atomic mass is 16.3. The van der Waals surface area contributed by atoms with Crippen LogP contribution >= 0.6 is 0 Å². The highest BCUT2D eigenvalue weighted by Gasteiger charge is 2.03. The quantitative estimate of drug-likeness (QED) is 0.758. The third kappa shape index (κ3) is 2.25. The maximum absolute atomic E-state index is 8.93. The minimum absolute atomic E-state index is 0.0188. The third-order valence-corrected chi connectivity index (χ3v) is 2.64. The Morgan fingerprint density at radius 1 is 0.875 bits per heavy atom. The number of pyridine rings is 2. The lowest BCUT2D eigenvalue weighted by Crippen LogP contribution is -2.32. The van der Waals surface area contributed by atoms with Gasteiger partial charge in [-0.1, -0.05) is 0 Å². The van der Waals surface area contributed by atoms with Gasteiger partial charge in [-0.05, 0) is 18.1 Å². The van der Waals surface area contributed by atoms with Gasteiger partial charge in [0, 0.05) is 24.3 Å². The second kappa shape index (κ2) is 4.86. The first-order valence-corrected chi connectivity index (χ1v) is 5.43. The fourth-order valence-corrected chi connectivity index (χ4v) is 1.60. The number of aromatic nitrogens is 2. The van der Waals surface area contributed by atoms with Crippen LogP contribution in [0.25, 0.3) is 11.1 Å². The van der Waals surface area contributed by atoms with E-state index in [0.29, 0.717) is 0 Å². The standard InChI is InChI=1S/C13H16N2O/c1-2-14-7-3-12(4-8-14)13-5-9-15(11-16)10-6-13/h3-10,16H,2,11H2,1H3/q+2. The molecule has 0 bridgehead atoms. The molecule has 16 heavy (non-hydrogen) atoms. The molecule has 0 aliphatic heterocycles. The molecule has 3 heteroatoms. The molecule has 3 nitrogen and oxygen atoms in total. The summed E-state index contributed by atoms with van der Waals surface area (Å²) in [6, 6.07) is 8.20.